The highest BCUT2D eigenvalue weighted by Crippen LogP contribution is 2.38. The van der Waals surface area contributed by atoms with Crippen molar-refractivity contribution in [1.29, 1.82) is 0 Å². The van der Waals surface area contributed by atoms with E-state index in [1.165, 1.54) is 0 Å². The Balaban J connectivity index is 2.41. The Morgan fingerprint density at radius 1 is 1.11 bits per heavy atom. The Labute approximate surface area is 54.2 Å². The molecule has 0 fully saturated rings. The first-order valence-corrected chi connectivity index (χ1v) is 3.22. The van der Waals surface area contributed by atoms with Crippen LogP contribution in [-0.4, -0.2) is 0 Å². The lowest BCUT2D eigenvalue weighted by Crippen LogP contribution is -2.13. The first-order chi connectivity index (χ1) is 4.29. The second kappa shape index (κ2) is 1.32. The first-order valence-electron chi connectivity index (χ1n) is 3.22. The van der Waals surface area contributed by atoms with Crippen LogP contribution >= 0.6 is 0 Å². The molecule has 2 aliphatic rings. The molecule has 0 radical (unpaired) electrons. The van der Waals surface area contributed by atoms with E-state index >= 15 is 0 Å². The van der Waals surface area contributed by atoms with Crippen LogP contribution in [0.4, 0.5) is 0 Å². The van der Waals surface area contributed by atoms with E-state index in [1.807, 2.05) is 0 Å². The standard InChI is InChI=1S/C7H10N2/c8-6-4-1-2-5(3-4)7(6)9/h1-2,4-5H,3,8-9H2. The Hall–Kier alpha value is -0.920. The molecule has 2 unspecified atom stereocenters. The summed E-state index contributed by atoms with van der Waals surface area (Å²) in [5.74, 6) is 0.935. The second-order valence-corrected chi connectivity index (χ2v) is 2.74. The third-order valence-electron chi connectivity index (χ3n) is 2.22. The zero-order valence-corrected chi connectivity index (χ0v) is 5.17. The summed E-state index contributed by atoms with van der Waals surface area (Å²) in [6.07, 6.45) is 5.42. The summed E-state index contributed by atoms with van der Waals surface area (Å²) in [7, 11) is 0. The summed E-state index contributed by atoms with van der Waals surface area (Å²) >= 11 is 0. The van der Waals surface area contributed by atoms with Gasteiger partial charge in [0.25, 0.3) is 0 Å². The van der Waals surface area contributed by atoms with Gasteiger partial charge in [-0.3, -0.25) is 0 Å². The molecule has 0 aliphatic heterocycles. The van der Waals surface area contributed by atoms with Crippen LogP contribution < -0.4 is 11.5 Å². The van der Waals surface area contributed by atoms with Crippen LogP contribution in [0.5, 0.6) is 0 Å². The van der Waals surface area contributed by atoms with E-state index in [1.54, 1.807) is 0 Å². The number of rotatable bonds is 0. The van der Waals surface area contributed by atoms with E-state index in [4.69, 9.17) is 11.5 Å². The van der Waals surface area contributed by atoms with Crippen molar-refractivity contribution < 1.29 is 0 Å². The zero-order valence-electron chi connectivity index (χ0n) is 5.17. The third-order valence-corrected chi connectivity index (χ3v) is 2.22. The number of allylic oxidation sites excluding steroid dienone is 2. The van der Waals surface area contributed by atoms with Crippen LogP contribution in [0.3, 0.4) is 0 Å². The first kappa shape index (κ1) is 4.91. The Morgan fingerprint density at radius 2 is 1.56 bits per heavy atom. The molecule has 2 rings (SSSR count). The average molecular weight is 122 g/mol. The molecule has 2 heteroatoms. The van der Waals surface area contributed by atoms with Crippen molar-refractivity contribution in [2.45, 2.75) is 6.42 Å². The zero-order chi connectivity index (χ0) is 6.43. The molecule has 2 nitrogen and oxygen atoms in total. The summed E-state index contributed by atoms with van der Waals surface area (Å²) in [6.45, 7) is 0. The predicted molar refractivity (Wildman–Crippen MR) is 36.1 cm³/mol. The van der Waals surface area contributed by atoms with Crippen LogP contribution in [0.25, 0.3) is 0 Å². The van der Waals surface area contributed by atoms with Gasteiger partial charge < -0.3 is 11.5 Å². The lowest BCUT2D eigenvalue weighted by molar-refractivity contribution is 0.697. The largest absolute Gasteiger partial charge is 0.400 e. The van der Waals surface area contributed by atoms with E-state index in [2.05, 4.69) is 12.2 Å². The molecule has 4 N–H and O–H groups in total. The lowest BCUT2D eigenvalue weighted by Gasteiger charge is -2.05. The van der Waals surface area contributed by atoms with Crippen molar-refractivity contribution in [3.63, 3.8) is 0 Å². The fraction of sp³-hybridized carbons (Fsp3) is 0.429. The van der Waals surface area contributed by atoms with Crippen molar-refractivity contribution in [2.75, 3.05) is 0 Å². The summed E-state index contributed by atoms with van der Waals surface area (Å²) in [6, 6.07) is 0. The van der Waals surface area contributed by atoms with Gasteiger partial charge in [0.15, 0.2) is 0 Å². The van der Waals surface area contributed by atoms with Crippen molar-refractivity contribution in [1.82, 2.24) is 0 Å². The molecule has 0 saturated heterocycles. The van der Waals surface area contributed by atoms with Gasteiger partial charge in [-0.25, -0.2) is 0 Å². The fourth-order valence-electron chi connectivity index (χ4n) is 1.59. The molecule has 2 aliphatic carbocycles. The van der Waals surface area contributed by atoms with Gasteiger partial charge in [-0.1, -0.05) is 12.2 Å². The molecule has 0 saturated carbocycles. The summed E-state index contributed by atoms with van der Waals surface area (Å²) in [5, 5.41) is 0. The van der Waals surface area contributed by atoms with Gasteiger partial charge >= 0.3 is 0 Å². The maximum atomic E-state index is 5.67. The lowest BCUT2D eigenvalue weighted by atomic mass is 10.1. The summed E-state index contributed by atoms with van der Waals surface area (Å²) in [5.41, 5.74) is 13.1. The number of hydrogen-bond acceptors (Lipinski definition) is 2. The fourth-order valence-corrected chi connectivity index (χ4v) is 1.59. The quantitative estimate of drug-likeness (QED) is 0.455. The number of hydrogen-bond donors (Lipinski definition) is 2. The number of nitrogens with two attached hydrogens (primary N) is 2. The topological polar surface area (TPSA) is 52.0 Å². The molecule has 0 heterocycles. The minimum atomic E-state index is 0.468. The van der Waals surface area contributed by atoms with Gasteiger partial charge in [-0.05, 0) is 6.42 Å². The van der Waals surface area contributed by atoms with E-state index < -0.39 is 0 Å². The molecule has 0 aromatic heterocycles. The third kappa shape index (κ3) is 0.453. The van der Waals surface area contributed by atoms with Crippen molar-refractivity contribution in [3.8, 4) is 0 Å². The summed E-state index contributed by atoms with van der Waals surface area (Å²) in [4.78, 5) is 0. The maximum Gasteiger partial charge on any atom is 0.0347 e. The highest BCUT2D eigenvalue weighted by molar-refractivity contribution is 5.33. The Kier molecular flexibility index (Phi) is 0.721. The van der Waals surface area contributed by atoms with Crippen LogP contribution in [0.2, 0.25) is 0 Å². The van der Waals surface area contributed by atoms with E-state index in [-0.39, 0.29) is 0 Å². The molecular weight excluding hydrogens is 112 g/mol. The Morgan fingerprint density at radius 3 is 1.78 bits per heavy atom. The Bertz CT molecular complexity index is 183. The molecular formula is C7H10N2. The molecule has 2 bridgehead atoms. The molecule has 9 heavy (non-hydrogen) atoms. The van der Waals surface area contributed by atoms with Crippen LogP contribution in [0.1, 0.15) is 6.42 Å². The van der Waals surface area contributed by atoms with Gasteiger partial charge in [0.2, 0.25) is 0 Å². The van der Waals surface area contributed by atoms with Crippen LogP contribution in [0.15, 0.2) is 23.5 Å². The van der Waals surface area contributed by atoms with Gasteiger partial charge in [0, 0.05) is 23.2 Å². The monoisotopic (exact) mass is 122 g/mol. The minimum absolute atomic E-state index is 0.468. The van der Waals surface area contributed by atoms with Crippen molar-refractivity contribution >= 4 is 0 Å². The average Bonchev–Trinajstić information content (AvgIpc) is 2.37. The molecule has 48 valence electrons. The highest BCUT2D eigenvalue weighted by atomic mass is 14.7. The highest BCUT2D eigenvalue weighted by Gasteiger charge is 2.31. The SMILES string of the molecule is NC1=C(N)C2C=CC1C2. The predicted octanol–water partition coefficient (Wildman–Crippen LogP) is 0.321. The van der Waals surface area contributed by atoms with Crippen molar-refractivity contribution in [3.05, 3.63) is 23.5 Å². The minimum Gasteiger partial charge on any atom is -0.400 e. The van der Waals surface area contributed by atoms with Crippen molar-refractivity contribution in [2.24, 2.45) is 23.3 Å². The smallest absolute Gasteiger partial charge is 0.0347 e. The van der Waals surface area contributed by atoms with Gasteiger partial charge in [0.1, 0.15) is 0 Å². The van der Waals surface area contributed by atoms with Gasteiger partial charge in [0.05, 0.1) is 0 Å². The molecule has 0 amide bonds. The second-order valence-electron chi connectivity index (χ2n) is 2.74. The van der Waals surface area contributed by atoms with E-state index in [9.17, 15) is 0 Å². The van der Waals surface area contributed by atoms with Crippen LogP contribution in [-0.2, 0) is 0 Å². The molecule has 0 spiro atoms. The maximum absolute atomic E-state index is 5.67. The van der Waals surface area contributed by atoms with Crippen LogP contribution in [0, 0.1) is 11.8 Å². The molecule has 0 aromatic rings. The number of fused-ring (bicyclic) bond motifs is 2. The molecule has 2 atom stereocenters. The van der Waals surface area contributed by atoms with E-state index in [0.717, 1.165) is 17.8 Å². The molecule has 0 aromatic carbocycles. The summed E-state index contributed by atoms with van der Waals surface area (Å²) < 4.78 is 0. The van der Waals surface area contributed by atoms with Gasteiger partial charge in [-0.15, -0.1) is 0 Å². The van der Waals surface area contributed by atoms with E-state index in [0.29, 0.717) is 11.8 Å². The normalized spacial score (nSPS) is 38.7. The van der Waals surface area contributed by atoms with Gasteiger partial charge in [-0.2, -0.15) is 0 Å².